The number of nitrogens with one attached hydrogen (secondary N) is 1. The number of rotatable bonds is 8. The lowest BCUT2D eigenvalue weighted by Crippen LogP contribution is -2.33. The van der Waals surface area contributed by atoms with Crippen LogP contribution in [0.5, 0.6) is 0 Å². The van der Waals surface area contributed by atoms with E-state index in [0.717, 1.165) is 35.1 Å². The zero-order chi connectivity index (χ0) is 24.9. The molecule has 36 heavy (non-hydrogen) atoms. The summed E-state index contributed by atoms with van der Waals surface area (Å²) < 4.78 is 5.70. The highest BCUT2D eigenvalue weighted by atomic mass is 16.6. The Kier molecular flexibility index (Phi) is 7.36. The number of amides is 2. The van der Waals surface area contributed by atoms with Gasteiger partial charge in [-0.1, -0.05) is 97.8 Å². The fourth-order valence-electron chi connectivity index (χ4n) is 5.65. The summed E-state index contributed by atoms with van der Waals surface area (Å²) in [6.07, 6.45) is 3.99. The Hall–Kier alpha value is -3.60. The molecule has 0 radical (unpaired) electrons. The molecule has 3 aromatic rings. The lowest BCUT2D eigenvalue weighted by Gasteiger charge is -2.24. The molecule has 5 heteroatoms. The van der Waals surface area contributed by atoms with Crippen LogP contribution in [-0.2, 0) is 22.6 Å². The van der Waals surface area contributed by atoms with Gasteiger partial charge in [-0.3, -0.25) is 9.69 Å². The highest BCUT2D eigenvalue weighted by molar-refractivity contribution is 5.84. The van der Waals surface area contributed by atoms with Gasteiger partial charge in [-0.15, -0.1) is 0 Å². The fraction of sp³-hybridized carbons (Fsp3) is 0.355. The van der Waals surface area contributed by atoms with Crippen LogP contribution in [0.1, 0.15) is 66.9 Å². The number of nitrogens with zero attached hydrogens (tertiary/aromatic N) is 1. The summed E-state index contributed by atoms with van der Waals surface area (Å²) in [5, 5.41) is 3.17. The fourth-order valence-corrected chi connectivity index (χ4v) is 5.65. The van der Waals surface area contributed by atoms with Gasteiger partial charge in [0, 0.05) is 13.1 Å². The van der Waals surface area contributed by atoms with E-state index >= 15 is 0 Å². The van der Waals surface area contributed by atoms with Crippen LogP contribution in [0.2, 0.25) is 0 Å². The smallest absolute Gasteiger partial charge is 0.411 e. The van der Waals surface area contributed by atoms with E-state index in [0.29, 0.717) is 19.0 Å². The van der Waals surface area contributed by atoms with Crippen molar-refractivity contribution >= 4 is 12.0 Å². The van der Waals surface area contributed by atoms with Crippen LogP contribution >= 0.6 is 0 Å². The second-order valence-electron chi connectivity index (χ2n) is 10.1. The normalized spacial score (nSPS) is 20.8. The zero-order valence-electron chi connectivity index (χ0n) is 20.8. The van der Waals surface area contributed by atoms with Gasteiger partial charge in [-0.25, -0.2) is 4.79 Å². The van der Waals surface area contributed by atoms with E-state index in [1.807, 2.05) is 67.6 Å². The monoisotopic (exact) mass is 482 g/mol. The predicted octanol–water partition coefficient (Wildman–Crippen LogP) is 6.36. The highest BCUT2D eigenvalue weighted by Crippen LogP contribution is 2.38. The first-order valence-corrected chi connectivity index (χ1v) is 13.0. The Morgan fingerprint density at radius 1 is 0.917 bits per heavy atom. The van der Waals surface area contributed by atoms with E-state index in [1.165, 1.54) is 12.8 Å². The molecule has 1 N–H and O–H groups in total. The largest absolute Gasteiger partial charge is 0.439 e. The Morgan fingerprint density at radius 2 is 1.56 bits per heavy atom. The minimum Gasteiger partial charge on any atom is -0.439 e. The molecule has 0 spiro atoms. The van der Waals surface area contributed by atoms with Gasteiger partial charge >= 0.3 is 6.09 Å². The van der Waals surface area contributed by atoms with Gasteiger partial charge in [0.1, 0.15) is 6.10 Å². The van der Waals surface area contributed by atoms with Gasteiger partial charge in [0.05, 0.1) is 12.0 Å². The quantitative estimate of drug-likeness (QED) is 0.406. The summed E-state index contributed by atoms with van der Waals surface area (Å²) in [4.78, 5) is 27.8. The number of carbonyl (C=O) groups excluding carboxylic acids is 2. The van der Waals surface area contributed by atoms with Crippen molar-refractivity contribution in [3.63, 3.8) is 0 Å². The summed E-state index contributed by atoms with van der Waals surface area (Å²) in [5.41, 5.74) is 4.20. The maximum Gasteiger partial charge on any atom is 0.411 e. The molecule has 5 nitrogen and oxygen atoms in total. The first-order valence-electron chi connectivity index (χ1n) is 13.0. The average molecular weight is 483 g/mol. The first-order chi connectivity index (χ1) is 17.6. The molecule has 1 aliphatic heterocycles. The van der Waals surface area contributed by atoms with E-state index in [1.54, 1.807) is 4.90 Å². The number of hydrogen-bond acceptors (Lipinski definition) is 3. The Bertz CT molecular complexity index is 1160. The molecule has 3 aromatic carbocycles. The Balaban J connectivity index is 1.28. The zero-order valence-corrected chi connectivity index (χ0v) is 20.8. The van der Waals surface area contributed by atoms with Crippen LogP contribution in [0.3, 0.4) is 0 Å². The number of cyclic esters (lactones) is 1. The van der Waals surface area contributed by atoms with Crippen LogP contribution in [0.15, 0.2) is 84.9 Å². The van der Waals surface area contributed by atoms with Gasteiger partial charge in [0.15, 0.2) is 0 Å². The van der Waals surface area contributed by atoms with Gasteiger partial charge in [-0.2, -0.15) is 0 Å². The summed E-state index contributed by atoms with van der Waals surface area (Å²) in [6, 6.07) is 28.1. The van der Waals surface area contributed by atoms with Crippen LogP contribution in [0.4, 0.5) is 4.79 Å². The third kappa shape index (κ3) is 5.30. The molecule has 1 unspecified atom stereocenters. The molecule has 2 amide bonds. The molecule has 1 saturated carbocycles. The predicted molar refractivity (Wildman–Crippen MR) is 140 cm³/mol. The van der Waals surface area contributed by atoms with Gasteiger partial charge in [0.2, 0.25) is 5.91 Å². The van der Waals surface area contributed by atoms with E-state index in [4.69, 9.17) is 4.74 Å². The average Bonchev–Trinajstić information content (AvgIpc) is 3.54. The van der Waals surface area contributed by atoms with E-state index in [-0.39, 0.29) is 30.1 Å². The molecule has 1 saturated heterocycles. The first kappa shape index (κ1) is 24.1. The summed E-state index contributed by atoms with van der Waals surface area (Å²) in [6.45, 7) is 3.06. The van der Waals surface area contributed by atoms with Crippen molar-refractivity contribution < 1.29 is 14.3 Å². The third-order valence-corrected chi connectivity index (χ3v) is 7.68. The molecular weight excluding hydrogens is 448 g/mol. The second-order valence-corrected chi connectivity index (χ2v) is 10.1. The number of ether oxygens (including phenoxy) is 1. The number of hydrogen-bond donors (Lipinski definition) is 1. The number of benzene rings is 3. The van der Waals surface area contributed by atoms with E-state index < -0.39 is 0 Å². The summed E-state index contributed by atoms with van der Waals surface area (Å²) in [7, 11) is 0. The molecule has 1 aliphatic carbocycles. The lowest BCUT2D eigenvalue weighted by atomic mass is 9.83. The van der Waals surface area contributed by atoms with Crippen molar-refractivity contribution in [1.29, 1.82) is 0 Å². The molecular formula is C31H34N2O3. The summed E-state index contributed by atoms with van der Waals surface area (Å²) in [5.74, 6) is 0.316. The molecule has 1 heterocycles. The van der Waals surface area contributed by atoms with Crippen LogP contribution < -0.4 is 5.32 Å². The summed E-state index contributed by atoms with van der Waals surface area (Å²) >= 11 is 0. The number of carbonyl (C=O) groups is 2. The van der Waals surface area contributed by atoms with Crippen LogP contribution in [-0.4, -0.2) is 22.9 Å². The SMILES string of the molecule is C[C@@H]1[C@H](c2ccccc2)OC(=O)N1Cc1ccc(C(C(=O)NCc2ccccc2)C2CCCC2)cc1. The van der Waals surface area contributed by atoms with E-state index in [2.05, 4.69) is 29.6 Å². The van der Waals surface area contributed by atoms with Crippen molar-refractivity contribution in [2.75, 3.05) is 0 Å². The molecule has 0 bridgehead atoms. The molecule has 2 aliphatic rings. The molecule has 186 valence electrons. The molecule has 5 rings (SSSR count). The Morgan fingerprint density at radius 3 is 2.22 bits per heavy atom. The van der Waals surface area contributed by atoms with Crippen LogP contribution in [0, 0.1) is 5.92 Å². The Labute approximate surface area is 213 Å². The highest BCUT2D eigenvalue weighted by Gasteiger charge is 2.39. The maximum absolute atomic E-state index is 13.3. The molecule has 3 atom stereocenters. The topological polar surface area (TPSA) is 58.6 Å². The van der Waals surface area contributed by atoms with E-state index in [9.17, 15) is 9.59 Å². The molecule has 2 fully saturated rings. The van der Waals surface area contributed by atoms with Gasteiger partial charge in [-0.05, 0) is 47.9 Å². The van der Waals surface area contributed by atoms with Gasteiger partial charge < -0.3 is 10.1 Å². The third-order valence-electron chi connectivity index (χ3n) is 7.68. The van der Waals surface area contributed by atoms with Crippen molar-refractivity contribution in [3.8, 4) is 0 Å². The van der Waals surface area contributed by atoms with Crippen molar-refractivity contribution in [1.82, 2.24) is 10.2 Å². The minimum atomic E-state index is -0.287. The maximum atomic E-state index is 13.3. The van der Waals surface area contributed by atoms with Crippen LogP contribution in [0.25, 0.3) is 0 Å². The van der Waals surface area contributed by atoms with Crippen molar-refractivity contribution in [3.05, 3.63) is 107 Å². The lowest BCUT2D eigenvalue weighted by molar-refractivity contribution is -0.123. The van der Waals surface area contributed by atoms with Crippen molar-refractivity contribution in [2.24, 2.45) is 5.92 Å². The minimum absolute atomic E-state index is 0.0606. The van der Waals surface area contributed by atoms with Gasteiger partial charge in [0.25, 0.3) is 0 Å². The van der Waals surface area contributed by atoms with Crippen molar-refractivity contribution in [2.45, 2.75) is 63.8 Å². The molecule has 0 aromatic heterocycles. The standard InChI is InChI=1S/C31H34N2O3/c1-22-29(27-14-6-3-7-15-27)36-31(35)33(22)21-24-16-18-26(19-17-24)28(25-12-8-9-13-25)30(34)32-20-23-10-4-2-5-11-23/h2-7,10-11,14-19,22,25,28-29H,8-9,12-13,20-21H2,1H3,(H,32,34)/t22-,28?,29-/m1/s1. The second kappa shape index (κ2) is 11.0.